The van der Waals surface area contributed by atoms with E-state index < -0.39 is 0 Å². The lowest BCUT2D eigenvalue weighted by molar-refractivity contribution is 0.429. The van der Waals surface area contributed by atoms with E-state index in [1.165, 1.54) is 30.4 Å². The van der Waals surface area contributed by atoms with Crippen molar-refractivity contribution in [3.8, 4) is 0 Å². The maximum absolute atomic E-state index is 5.76. The number of benzene rings is 2. The van der Waals surface area contributed by atoms with Crippen molar-refractivity contribution in [2.75, 3.05) is 12.3 Å². The molecule has 2 fully saturated rings. The van der Waals surface area contributed by atoms with Gasteiger partial charge in [-0.05, 0) is 29.3 Å². The Kier molecular flexibility index (Phi) is 4.00. The van der Waals surface area contributed by atoms with Crippen LogP contribution >= 0.6 is 11.8 Å². The van der Waals surface area contributed by atoms with Crippen LogP contribution in [0.4, 0.5) is 11.4 Å². The predicted molar refractivity (Wildman–Crippen MR) is 99.0 cm³/mol. The average molecular weight is 323 g/mol. The molecule has 1 aliphatic carbocycles. The number of fused-ring (bicyclic) bond motifs is 2. The third-order valence-electron chi connectivity index (χ3n) is 4.14. The second kappa shape index (κ2) is 6.28. The van der Waals surface area contributed by atoms with Gasteiger partial charge in [0, 0.05) is 18.8 Å². The van der Waals surface area contributed by atoms with Crippen LogP contribution in [-0.2, 0) is 6.54 Å². The average Bonchev–Trinajstić information content (AvgIpc) is 3.40. The summed E-state index contributed by atoms with van der Waals surface area (Å²) in [5.74, 6) is 0. The van der Waals surface area contributed by atoms with Gasteiger partial charge in [0.25, 0.3) is 0 Å². The third kappa shape index (κ3) is 3.37. The number of hydrogen-bond acceptors (Lipinski definition) is 4. The number of nitrogen functional groups attached to an aromatic ring is 1. The molecule has 1 unspecified atom stereocenters. The van der Waals surface area contributed by atoms with Gasteiger partial charge in [-0.25, -0.2) is 4.99 Å². The van der Waals surface area contributed by atoms with Crippen molar-refractivity contribution >= 4 is 28.3 Å². The molecular weight excluding hydrogens is 302 g/mol. The lowest BCUT2D eigenvalue weighted by Crippen LogP contribution is -2.26. The van der Waals surface area contributed by atoms with E-state index in [1.807, 2.05) is 23.9 Å². The molecule has 0 aromatic heterocycles. The highest BCUT2D eigenvalue weighted by molar-refractivity contribution is 8.14. The van der Waals surface area contributed by atoms with Crippen LogP contribution in [0, 0.1) is 0 Å². The van der Waals surface area contributed by atoms with Crippen molar-refractivity contribution in [3.05, 3.63) is 59.7 Å². The van der Waals surface area contributed by atoms with E-state index >= 15 is 0 Å². The summed E-state index contributed by atoms with van der Waals surface area (Å²) < 4.78 is 0. The first-order valence-electron chi connectivity index (χ1n) is 8.23. The van der Waals surface area contributed by atoms with E-state index in [0.29, 0.717) is 5.25 Å². The molecule has 3 nitrogen and oxygen atoms in total. The number of hydrogen-bond donors (Lipinski definition) is 1. The molecule has 0 radical (unpaired) electrons. The molecule has 1 atom stereocenters. The van der Waals surface area contributed by atoms with Crippen LogP contribution in [0.2, 0.25) is 0 Å². The summed E-state index contributed by atoms with van der Waals surface area (Å²) >= 11 is 1.85. The summed E-state index contributed by atoms with van der Waals surface area (Å²) in [4.78, 5) is 7.15. The SMILES string of the molecule is C1CC1.Nc1ccc(C2CN3Cc4ccccc4N=C3S2)cc1. The molecule has 0 bridgehead atoms. The summed E-state index contributed by atoms with van der Waals surface area (Å²) in [5, 5.41) is 1.59. The fourth-order valence-electron chi connectivity index (χ4n) is 2.69. The molecule has 0 spiro atoms. The van der Waals surface area contributed by atoms with E-state index in [9.17, 15) is 0 Å². The molecule has 1 saturated carbocycles. The van der Waals surface area contributed by atoms with Crippen molar-refractivity contribution in [1.29, 1.82) is 0 Å². The highest BCUT2D eigenvalue weighted by atomic mass is 32.2. The largest absolute Gasteiger partial charge is 0.399 e. The predicted octanol–water partition coefficient (Wildman–Crippen LogP) is 4.73. The Bertz CT molecular complexity index is 719. The first kappa shape index (κ1) is 14.6. The van der Waals surface area contributed by atoms with Gasteiger partial charge in [0.15, 0.2) is 5.17 Å². The van der Waals surface area contributed by atoms with Gasteiger partial charge in [0.05, 0.1) is 10.9 Å². The molecule has 4 heteroatoms. The summed E-state index contributed by atoms with van der Waals surface area (Å²) in [7, 11) is 0. The van der Waals surface area contributed by atoms with Crippen molar-refractivity contribution in [1.82, 2.24) is 4.90 Å². The van der Waals surface area contributed by atoms with Crippen molar-refractivity contribution in [2.45, 2.75) is 31.1 Å². The van der Waals surface area contributed by atoms with Crippen molar-refractivity contribution in [3.63, 3.8) is 0 Å². The van der Waals surface area contributed by atoms with E-state index in [2.05, 4.69) is 41.3 Å². The minimum absolute atomic E-state index is 0.448. The van der Waals surface area contributed by atoms with Crippen LogP contribution in [-0.4, -0.2) is 16.6 Å². The molecule has 0 amide bonds. The van der Waals surface area contributed by atoms with Crippen LogP contribution in [0.15, 0.2) is 53.5 Å². The second-order valence-corrected chi connectivity index (χ2v) is 7.41. The molecular formula is C19H21N3S. The first-order chi connectivity index (χ1) is 11.3. The quantitative estimate of drug-likeness (QED) is 0.771. The topological polar surface area (TPSA) is 41.6 Å². The molecule has 2 aliphatic heterocycles. The van der Waals surface area contributed by atoms with Gasteiger partial charge < -0.3 is 10.6 Å². The van der Waals surface area contributed by atoms with Gasteiger partial charge in [0.1, 0.15) is 0 Å². The van der Waals surface area contributed by atoms with Crippen LogP contribution in [0.25, 0.3) is 0 Å². The lowest BCUT2D eigenvalue weighted by Gasteiger charge is -2.23. The Balaban J connectivity index is 0.000000406. The zero-order valence-corrected chi connectivity index (χ0v) is 13.9. The molecule has 23 heavy (non-hydrogen) atoms. The van der Waals surface area contributed by atoms with E-state index in [1.54, 1.807) is 0 Å². The van der Waals surface area contributed by atoms with Gasteiger partial charge in [0.2, 0.25) is 0 Å². The summed E-state index contributed by atoms with van der Waals surface area (Å²) in [6, 6.07) is 16.6. The minimum atomic E-state index is 0.448. The Morgan fingerprint density at radius 1 is 1.00 bits per heavy atom. The lowest BCUT2D eigenvalue weighted by atomic mass is 10.1. The third-order valence-corrected chi connectivity index (χ3v) is 5.40. The highest BCUT2D eigenvalue weighted by Gasteiger charge is 2.32. The number of nitrogens with two attached hydrogens (primary N) is 1. The molecule has 2 heterocycles. The Hall–Kier alpha value is -1.94. The molecule has 2 aromatic rings. The summed E-state index contributed by atoms with van der Waals surface area (Å²) in [6.07, 6.45) is 4.50. The molecule has 2 N–H and O–H groups in total. The van der Waals surface area contributed by atoms with Gasteiger partial charge in [-0.2, -0.15) is 0 Å². The first-order valence-corrected chi connectivity index (χ1v) is 9.11. The smallest absolute Gasteiger partial charge is 0.165 e. The van der Waals surface area contributed by atoms with Crippen LogP contribution in [0.3, 0.4) is 0 Å². The number of rotatable bonds is 1. The molecule has 118 valence electrons. The molecule has 3 aliphatic rings. The fraction of sp³-hybridized carbons (Fsp3) is 0.316. The van der Waals surface area contributed by atoms with Gasteiger partial charge >= 0.3 is 0 Å². The van der Waals surface area contributed by atoms with Crippen LogP contribution < -0.4 is 5.73 Å². The minimum Gasteiger partial charge on any atom is -0.399 e. The monoisotopic (exact) mass is 323 g/mol. The number of para-hydroxylation sites is 1. The van der Waals surface area contributed by atoms with Gasteiger partial charge in [-0.1, -0.05) is 61.4 Å². The number of aliphatic imine (C=N–C) groups is 1. The van der Waals surface area contributed by atoms with Crippen molar-refractivity contribution in [2.24, 2.45) is 4.99 Å². The number of nitrogens with zero attached hydrogens (tertiary/aromatic N) is 2. The standard InChI is InChI=1S/C16H15N3S.C3H6/c17-13-7-5-11(6-8-13)15-10-19-9-12-3-1-2-4-14(12)18-16(19)20-15;1-2-3-1/h1-8,15H,9-10,17H2;1-3H2. The zero-order valence-electron chi connectivity index (χ0n) is 13.1. The molecule has 5 rings (SSSR count). The number of anilines is 1. The van der Waals surface area contributed by atoms with E-state index in [0.717, 1.165) is 29.6 Å². The second-order valence-electron chi connectivity index (χ2n) is 6.24. The number of amidine groups is 1. The Morgan fingerprint density at radius 2 is 1.74 bits per heavy atom. The Morgan fingerprint density at radius 3 is 2.48 bits per heavy atom. The van der Waals surface area contributed by atoms with Crippen LogP contribution in [0.5, 0.6) is 0 Å². The summed E-state index contributed by atoms with van der Waals surface area (Å²) in [5.41, 5.74) is 10.3. The van der Waals surface area contributed by atoms with Gasteiger partial charge in [-0.3, -0.25) is 0 Å². The van der Waals surface area contributed by atoms with E-state index in [4.69, 9.17) is 10.7 Å². The zero-order chi connectivity index (χ0) is 15.6. The summed E-state index contributed by atoms with van der Waals surface area (Å²) in [6.45, 7) is 1.98. The van der Waals surface area contributed by atoms with Crippen LogP contribution in [0.1, 0.15) is 35.6 Å². The van der Waals surface area contributed by atoms with Gasteiger partial charge in [-0.15, -0.1) is 0 Å². The normalized spacial score (nSPS) is 20.8. The molecule has 1 saturated heterocycles. The molecule has 2 aromatic carbocycles. The van der Waals surface area contributed by atoms with E-state index in [-0.39, 0.29) is 0 Å². The maximum Gasteiger partial charge on any atom is 0.165 e. The fourth-order valence-corrected chi connectivity index (χ4v) is 3.93. The Labute approximate surface area is 141 Å². The van der Waals surface area contributed by atoms with Crippen molar-refractivity contribution < 1.29 is 0 Å². The highest BCUT2D eigenvalue weighted by Crippen LogP contribution is 2.42. The number of thioether (sulfide) groups is 1. The maximum atomic E-state index is 5.76.